The van der Waals surface area contributed by atoms with Gasteiger partial charge >= 0.3 is 5.97 Å². The molecule has 2 rings (SSSR count). The number of rotatable bonds is 6. The molecule has 0 aromatic carbocycles. The van der Waals surface area contributed by atoms with Crippen LogP contribution in [0.3, 0.4) is 0 Å². The smallest absolute Gasteiger partial charge is 0.303 e. The molecule has 1 heterocycles. The average Bonchev–Trinajstić information content (AvgIpc) is 2.99. The summed E-state index contributed by atoms with van der Waals surface area (Å²) >= 11 is 0. The van der Waals surface area contributed by atoms with Crippen LogP contribution in [0.25, 0.3) is 0 Å². The van der Waals surface area contributed by atoms with Crippen LogP contribution in [0.15, 0.2) is 34.2 Å². The molecule has 23 heavy (non-hydrogen) atoms. The van der Waals surface area contributed by atoms with Crippen molar-refractivity contribution in [1.82, 2.24) is 0 Å². The van der Waals surface area contributed by atoms with E-state index in [0.29, 0.717) is 11.8 Å². The zero-order chi connectivity index (χ0) is 17.0. The van der Waals surface area contributed by atoms with Gasteiger partial charge in [0.1, 0.15) is 0 Å². The van der Waals surface area contributed by atoms with Crippen LogP contribution in [0.5, 0.6) is 0 Å². The van der Waals surface area contributed by atoms with Gasteiger partial charge in [0, 0.05) is 6.42 Å². The lowest BCUT2D eigenvalue weighted by molar-refractivity contribution is -0.137. The van der Waals surface area contributed by atoms with Crippen molar-refractivity contribution in [1.29, 1.82) is 0 Å². The Morgan fingerprint density at radius 3 is 2.74 bits per heavy atom. The second-order valence-electron chi connectivity index (χ2n) is 7.59. The summed E-state index contributed by atoms with van der Waals surface area (Å²) < 4.78 is 5.19. The second kappa shape index (κ2) is 7.37. The second-order valence-corrected chi connectivity index (χ2v) is 7.59. The molecule has 0 aliphatic heterocycles. The van der Waals surface area contributed by atoms with Gasteiger partial charge in [0.15, 0.2) is 0 Å². The first kappa shape index (κ1) is 17.8. The normalized spacial score (nSPS) is 27.9. The third-order valence-corrected chi connectivity index (χ3v) is 6.01. The molecule has 0 amide bonds. The lowest BCUT2D eigenvalue weighted by Gasteiger charge is -2.49. The number of hydrogen-bond donors (Lipinski definition) is 1. The van der Waals surface area contributed by atoms with E-state index in [-0.39, 0.29) is 11.8 Å². The van der Waals surface area contributed by atoms with Crippen molar-refractivity contribution >= 4 is 5.97 Å². The summed E-state index contributed by atoms with van der Waals surface area (Å²) in [6, 6.07) is 2.03. The molecule has 1 N–H and O–H groups in total. The third-order valence-electron chi connectivity index (χ3n) is 6.01. The van der Waals surface area contributed by atoms with E-state index >= 15 is 0 Å². The van der Waals surface area contributed by atoms with Crippen molar-refractivity contribution in [3.8, 4) is 0 Å². The molecule has 0 saturated heterocycles. The van der Waals surface area contributed by atoms with E-state index in [4.69, 9.17) is 9.52 Å². The molecule has 128 valence electrons. The number of carboxylic acid groups (broad SMARTS) is 1. The Labute approximate surface area is 139 Å². The lowest BCUT2D eigenvalue weighted by Crippen LogP contribution is -2.40. The van der Waals surface area contributed by atoms with Crippen LogP contribution in [-0.2, 0) is 11.2 Å². The monoisotopic (exact) mass is 318 g/mol. The first-order chi connectivity index (χ1) is 10.8. The summed E-state index contributed by atoms with van der Waals surface area (Å²) in [4.78, 5) is 11.1. The van der Waals surface area contributed by atoms with Crippen LogP contribution in [0.4, 0.5) is 0 Å². The number of allylic oxidation sites excluding steroid dienone is 2. The highest BCUT2D eigenvalue weighted by Crippen LogP contribution is 2.53. The van der Waals surface area contributed by atoms with Gasteiger partial charge in [-0.2, -0.15) is 0 Å². The van der Waals surface area contributed by atoms with Crippen LogP contribution in [0.1, 0.15) is 65.4 Å². The van der Waals surface area contributed by atoms with E-state index in [1.165, 1.54) is 23.1 Å². The first-order valence-corrected chi connectivity index (χ1v) is 8.73. The Morgan fingerprint density at radius 2 is 2.17 bits per heavy atom. The van der Waals surface area contributed by atoms with Gasteiger partial charge in [0.2, 0.25) is 0 Å². The first-order valence-electron chi connectivity index (χ1n) is 8.73. The van der Waals surface area contributed by atoms with E-state index in [9.17, 15) is 4.79 Å². The third kappa shape index (κ3) is 4.07. The van der Waals surface area contributed by atoms with Crippen LogP contribution < -0.4 is 0 Å². The largest absolute Gasteiger partial charge is 0.481 e. The number of aryl methyl sites for hydroxylation is 1. The molecule has 1 saturated carbocycles. The van der Waals surface area contributed by atoms with Gasteiger partial charge in [-0.15, -0.1) is 0 Å². The Morgan fingerprint density at radius 1 is 1.43 bits per heavy atom. The van der Waals surface area contributed by atoms with Crippen molar-refractivity contribution in [2.24, 2.45) is 17.3 Å². The molecule has 1 aromatic rings. The highest BCUT2D eigenvalue weighted by molar-refractivity contribution is 5.66. The van der Waals surface area contributed by atoms with Crippen LogP contribution >= 0.6 is 0 Å². The number of carbonyl (C=O) groups is 1. The Hall–Kier alpha value is -1.51. The molecular weight excluding hydrogens is 288 g/mol. The molecule has 0 bridgehead atoms. The number of aliphatic carboxylic acids is 1. The highest BCUT2D eigenvalue weighted by Gasteiger charge is 2.43. The van der Waals surface area contributed by atoms with Gasteiger partial charge in [0.05, 0.1) is 12.5 Å². The highest BCUT2D eigenvalue weighted by atomic mass is 16.4. The molecule has 0 spiro atoms. The zero-order valence-corrected chi connectivity index (χ0v) is 14.9. The van der Waals surface area contributed by atoms with Crippen molar-refractivity contribution in [3.05, 3.63) is 35.3 Å². The van der Waals surface area contributed by atoms with E-state index in [2.05, 4.69) is 27.7 Å². The maximum atomic E-state index is 11.1. The van der Waals surface area contributed by atoms with Gasteiger partial charge in [-0.1, -0.05) is 25.0 Å². The summed E-state index contributed by atoms with van der Waals surface area (Å²) in [5.74, 6) is 0.295. The maximum absolute atomic E-state index is 11.1. The van der Waals surface area contributed by atoms with Crippen LogP contribution in [-0.4, -0.2) is 11.1 Å². The predicted molar refractivity (Wildman–Crippen MR) is 92.3 cm³/mol. The number of carboxylic acids is 1. The van der Waals surface area contributed by atoms with Crippen LogP contribution in [0.2, 0.25) is 0 Å². The van der Waals surface area contributed by atoms with Gasteiger partial charge in [0.25, 0.3) is 0 Å². The van der Waals surface area contributed by atoms with E-state index in [1.807, 2.05) is 12.3 Å². The van der Waals surface area contributed by atoms with E-state index in [0.717, 1.165) is 25.7 Å². The summed E-state index contributed by atoms with van der Waals surface area (Å²) in [6.07, 6.45) is 8.96. The molecule has 0 unspecified atom stereocenters. The summed E-state index contributed by atoms with van der Waals surface area (Å²) in [5.41, 5.74) is 4.26. The van der Waals surface area contributed by atoms with E-state index < -0.39 is 5.97 Å². The quantitative estimate of drug-likeness (QED) is 0.708. The lowest BCUT2D eigenvalue weighted by atomic mass is 9.56. The standard InChI is InChI=1S/C20H30O3/c1-14(2)17-6-5-15(3)20(4,18(17)7-8-19(21)22)11-9-16-10-12-23-13-16/h10,12-13,15,18H,5-9,11H2,1-4H3,(H,21,22)/t15-,18-,20-/m1/s1. The topological polar surface area (TPSA) is 50.4 Å². The Balaban J connectivity index is 2.24. The molecule has 3 nitrogen and oxygen atoms in total. The van der Waals surface area contributed by atoms with Crippen LogP contribution in [0, 0.1) is 17.3 Å². The van der Waals surface area contributed by atoms with Crippen molar-refractivity contribution in [3.63, 3.8) is 0 Å². The van der Waals surface area contributed by atoms with Crippen molar-refractivity contribution < 1.29 is 14.3 Å². The van der Waals surface area contributed by atoms with Gasteiger partial charge in [-0.25, -0.2) is 0 Å². The number of furan rings is 1. The number of hydrogen-bond acceptors (Lipinski definition) is 2. The minimum atomic E-state index is -0.687. The predicted octanol–water partition coefficient (Wildman–Crippen LogP) is 5.47. The fourth-order valence-electron chi connectivity index (χ4n) is 4.26. The molecule has 1 aliphatic rings. The van der Waals surface area contributed by atoms with Crippen molar-refractivity contribution in [2.45, 2.75) is 66.2 Å². The Kier molecular flexibility index (Phi) is 5.72. The van der Waals surface area contributed by atoms with Gasteiger partial charge < -0.3 is 9.52 Å². The molecule has 0 radical (unpaired) electrons. The van der Waals surface area contributed by atoms with Gasteiger partial charge in [-0.05, 0) is 74.8 Å². The Bertz CT molecular complexity index is 551. The van der Waals surface area contributed by atoms with Crippen molar-refractivity contribution in [2.75, 3.05) is 0 Å². The SMILES string of the molecule is CC(C)=C1CC[C@@H](C)[C@@](C)(CCc2ccoc2)[C@@H]1CCC(=O)O. The molecule has 3 atom stereocenters. The summed E-state index contributed by atoms with van der Waals surface area (Å²) in [6.45, 7) is 9.06. The maximum Gasteiger partial charge on any atom is 0.303 e. The summed E-state index contributed by atoms with van der Waals surface area (Å²) in [5, 5.41) is 9.16. The molecule has 1 fully saturated rings. The fraction of sp³-hybridized carbons (Fsp3) is 0.650. The molecule has 3 heteroatoms. The minimum Gasteiger partial charge on any atom is -0.481 e. The van der Waals surface area contributed by atoms with Gasteiger partial charge in [-0.3, -0.25) is 4.79 Å². The minimum absolute atomic E-state index is 0.150. The van der Waals surface area contributed by atoms with E-state index in [1.54, 1.807) is 6.26 Å². The fourth-order valence-corrected chi connectivity index (χ4v) is 4.26. The zero-order valence-electron chi connectivity index (χ0n) is 14.9. The summed E-state index contributed by atoms with van der Waals surface area (Å²) in [7, 11) is 0. The molecule has 1 aromatic heterocycles. The molecular formula is C20H30O3. The average molecular weight is 318 g/mol. The molecule has 1 aliphatic carbocycles.